The summed E-state index contributed by atoms with van der Waals surface area (Å²) in [5, 5.41) is 2.77. The number of benzene rings is 1. The van der Waals surface area contributed by atoms with Crippen molar-refractivity contribution in [3.63, 3.8) is 0 Å². The maximum atomic E-state index is 13.4. The van der Waals surface area contributed by atoms with E-state index in [1.807, 2.05) is 56.3 Å². The first kappa shape index (κ1) is 20.5. The number of nitrogens with one attached hydrogen (secondary N) is 1. The van der Waals surface area contributed by atoms with Crippen LogP contribution in [-0.4, -0.2) is 52.4 Å². The number of nitrogens with zero attached hydrogens (tertiary/aromatic N) is 3. The van der Waals surface area contributed by atoms with E-state index in [2.05, 4.69) is 10.3 Å². The highest BCUT2D eigenvalue weighted by Crippen LogP contribution is 2.18. The summed E-state index contributed by atoms with van der Waals surface area (Å²) in [5.41, 5.74) is 1.86. The smallest absolute Gasteiger partial charge is 0.290 e. The zero-order valence-electron chi connectivity index (χ0n) is 17.0. The van der Waals surface area contributed by atoms with E-state index in [0.29, 0.717) is 25.2 Å². The van der Waals surface area contributed by atoms with Gasteiger partial charge in [-0.25, -0.2) is 4.98 Å². The van der Waals surface area contributed by atoms with E-state index < -0.39 is 0 Å². The molecule has 3 aromatic rings. The van der Waals surface area contributed by atoms with Crippen molar-refractivity contribution in [2.75, 3.05) is 20.3 Å². The highest BCUT2D eigenvalue weighted by Gasteiger charge is 2.26. The number of hydrogen-bond donors (Lipinski definition) is 1. The van der Waals surface area contributed by atoms with Gasteiger partial charge < -0.3 is 15.0 Å². The molecular weight excluding hydrogens is 368 g/mol. The van der Waals surface area contributed by atoms with E-state index in [9.17, 15) is 9.59 Å². The number of carbonyl (C=O) groups is 2. The van der Waals surface area contributed by atoms with Crippen molar-refractivity contribution in [2.24, 2.45) is 0 Å². The van der Waals surface area contributed by atoms with Gasteiger partial charge in [-0.2, -0.15) is 0 Å². The molecular formula is C22H26N4O3. The summed E-state index contributed by atoms with van der Waals surface area (Å²) in [5.74, 6) is -0.327. The van der Waals surface area contributed by atoms with Crippen molar-refractivity contribution in [3.8, 4) is 0 Å². The number of imidazole rings is 1. The first-order chi connectivity index (χ1) is 14.0. The molecule has 0 radical (unpaired) electrons. The molecule has 0 unspecified atom stereocenters. The van der Waals surface area contributed by atoms with E-state index in [1.165, 1.54) is 0 Å². The van der Waals surface area contributed by atoms with Crippen molar-refractivity contribution >= 4 is 17.3 Å². The Hall–Kier alpha value is -3.19. The highest BCUT2D eigenvalue weighted by molar-refractivity contribution is 6.02. The summed E-state index contributed by atoms with van der Waals surface area (Å²) < 4.78 is 6.65. The lowest BCUT2D eigenvalue weighted by atomic mass is 10.2. The molecule has 0 bridgehead atoms. The lowest BCUT2D eigenvalue weighted by Crippen LogP contribution is -2.37. The van der Waals surface area contributed by atoms with Crippen molar-refractivity contribution in [1.29, 1.82) is 0 Å². The Morgan fingerprint density at radius 1 is 1.14 bits per heavy atom. The lowest BCUT2D eigenvalue weighted by Gasteiger charge is -2.26. The number of ether oxygens (including phenoxy) is 1. The maximum absolute atomic E-state index is 13.4. The van der Waals surface area contributed by atoms with Gasteiger partial charge in [-0.1, -0.05) is 36.4 Å². The van der Waals surface area contributed by atoms with Crippen LogP contribution in [0.1, 0.15) is 40.5 Å². The Balaban J connectivity index is 1.95. The summed E-state index contributed by atoms with van der Waals surface area (Å²) in [6, 6.07) is 15.2. The molecule has 2 aromatic heterocycles. The number of pyridine rings is 1. The van der Waals surface area contributed by atoms with Gasteiger partial charge in [-0.3, -0.25) is 14.0 Å². The van der Waals surface area contributed by atoms with E-state index in [-0.39, 0.29) is 29.4 Å². The first-order valence-corrected chi connectivity index (χ1v) is 9.62. The van der Waals surface area contributed by atoms with Crippen LogP contribution in [0.2, 0.25) is 0 Å². The second kappa shape index (κ2) is 9.34. The Morgan fingerprint density at radius 3 is 2.55 bits per heavy atom. The molecule has 1 N–H and O–H groups in total. The number of fused-ring (bicyclic) bond motifs is 1. The van der Waals surface area contributed by atoms with Crippen LogP contribution in [-0.2, 0) is 11.3 Å². The summed E-state index contributed by atoms with van der Waals surface area (Å²) in [4.78, 5) is 32.2. The Morgan fingerprint density at radius 2 is 1.86 bits per heavy atom. The van der Waals surface area contributed by atoms with Gasteiger partial charge in [0.05, 0.1) is 12.1 Å². The standard InChI is InChI=1S/C22H26N4O3/c1-16(2)26(15-17-9-5-4-6-10-17)22(28)20-24-19(21(27)23-12-14-29-3)18-11-7-8-13-25(18)20/h4-11,13,16H,12,14-15H2,1-3H3,(H,23,27). The Labute approximate surface area is 170 Å². The largest absolute Gasteiger partial charge is 0.383 e. The number of hydrogen-bond acceptors (Lipinski definition) is 4. The number of amides is 2. The molecule has 3 rings (SSSR count). The predicted octanol–water partition coefficient (Wildman–Crippen LogP) is 2.76. The Bertz CT molecular complexity index is 982. The van der Waals surface area contributed by atoms with Gasteiger partial charge in [0, 0.05) is 32.4 Å². The third-order valence-corrected chi connectivity index (χ3v) is 4.63. The minimum Gasteiger partial charge on any atom is -0.383 e. The minimum absolute atomic E-state index is 0.0299. The summed E-state index contributed by atoms with van der Waals surface area (Å²) in [6.45, 7) is 5.18. The molecule has 0 saturated heterocycles. The molecule has 7 nitrogen and oxygen atoms in total. The van der Waals surface area contributed by atoms with E-state index in [0.717, 1.165) is 5.56 Å². The molecule has 2 amide bonds. The molecule has 0 spiro atoms. The summed E-state index contributed by atoms with van der Waals surface area (Å²) >= 11 is 0. The molecule has 0 aliphatic carbocycles. The molecule has 29 heavy (non-hydrogen) atoms. The molecule has 7 heteroatoms. The van der Waals surface area contributed by atoms with Crippen LogP contribution in [0.4, 0.5) is 0 Å². The van der Waals surface area contributed by atoms with Gasteiger partial charge >= 0.3 is 0 Å². The zero-order valence-corrected chi connectivity index (χ0v) is 17.0. The van der Waals surface area contributed by atoms with Crippen molar-refractivity contribution < 1.29 is 14.3 Å². The van der Waals surface area contributed by atoms with Crippen LogP contribution < -0.4 is 5.32 Å². The number of aromatic nitrogens is 2. The fourth-order valence-electron chi connectivity index (χ4n) is 3.10. The average molecular weight is 394 g/mol. The zero-order chi connectivity index (χ0) is 20.8. The molecule has 152 valence electrons. The topological polar surface area (TPSA) is 75.9 Å². The molecule has 1 aromatic carbocycles. The van der Waals surface area contributed by atoms with Crippen LogP contribution in [0.5, 0.6) is 0 Å². The molecule has 0 aliphatic rings. The summed E-state index contributed by atoms with van der Waals surface area (Å²) in [6.07, 6.45) is 1.75. The second-order valence-electron chi connectivity index (χ2n) is 7.00. The van der Waals surface area contributed by atoms with Crippen molar-refractivity contribution in [1.82, 2.24) is 19.6 Å². The molecule has 2 heterocycles. The summed E-state index contributed by atoms with van der Waals surface area (Å²) in [7, 11) is 1.57. The van der Waals surface area contributed by atoms with Crippen molar-refractivity contribution in [2.45, 2.75) is 26.4 Å². The SMILES string of the molecule is COCCNC(=O)c1nc(C(=O)N(Cc2ccccc2)C(C)C)n2ccccc12. The van der Waals surface area contributed by atoms with E-state index in [4.69, 9.17) is 4.74 Å². The quantitative estimate of drug-likeness (QED) is 0.596. The predicted molar refractivity (Wildman–Crippen MR) is 111 cm³/mol. The van der Waals surface area contributed by atoms with Crippen LogP contribution in [0, 0.1) is 0 Å². The third-order valence-electron chi connectivity index (χ3n) is 4.63. The van der Waals surface area contributed by atoms with Gasteiger partial charge in [0.1, 0.15) is 0 Å². The van der Waals surface area contributed by atoms with E-state index >= 15 is 0 Å². The Kier molecular flexibility index (Phi) is 6.61. The molecule has 0 saturated carbocycles. The number of methoxy groups -OCH3 is 1. The normalized spacial score (nSPS) is 11.0. The number of rotatable bonds is 8. The van der Waals surface area contributed by atoms with Gasteiger partial charge in [0.15, 0.2) is 5.69 Å². The molecule has 0 aliphatic heterocycles. The van der Waals surface area contributed by atoms with Gasteiger partial charge in [-0.15, -0.1) is 0 Å². The molecule has 0 atom stereocenters. The lowest BCUT2D eigenvalue weighted by molar-refractivity contribution is 0.0677. The van der Waals surface area contributed by atoms with Crippen molar-refractivity contribution in [3.05, 3.63) is 71.8 Å². The maximum Gasteiger partial charge on any atom is 0.290 e. The average Bonchev–Trinajstić information content (AvgIpc) is 3.12. The van der Waals surface area contributed by atoms with Crippen LogP contribution in [0.15, 0.2) is 54.7 Å². The van der Waals surface area contributed by atoms with Crippen LogP contribution in [0.25, 0.3) is 5.52 Å². The van der Waals surface area contributed by atoms with Gasteiger partial charge in [0.2, 0.25) is 5.82 Å². The van der Waals surface area contributed by atoms with Crippen LogP contribution in [0.3, 0.4) is 0 Å². The van der Waals surface area contributed by atoms with Crippen LogP contribution >= 0.6 is 0 Å². The minimum atomic E-state index is -0.330. The number of carbonyl (C=O) groups excluding carboxylic acids is 2. The highest BCUT2D eigenvalue weighted by atomic mass is 16.5. The fraction of sp³-hybridized carbons (Fsp3) is 0.318. The third kappa shape index (κ3) is 4.63. The fourth-order valence-corrected chi connectivity index (χ4v) is 3.10. The monoisotopic (exact) mass is 394 g/mol. The second-order valence-corrected chi connectivity index (χ2v) is 7.00. The first-order valence-electron chi connectivity index (χ1n) is 9.62. The van der Waals surface area contributed by atoms with Gasteiger partial charge in [0.25, 0.3) is 11.8 Å². The molecule has 0 fully saturated rings. The van der Waals surface area contributed by atoms with Gasteiger partial charge in [-0.05, 0) is 31.5 Å². The van der Waals surface area contributed by atoms with E-state index in [1.54, 1.807) is 28.7 Å².